The highest BCUT2D eigenvalue weighted by Gasteiger charge is 2.36. The molecule has 0 fully saturated rings. The Bertz CT molecular complexity index is 484. The molecule has 20 heavy (non-hydrogen) atoms. The number of hydrogen-bond donors (Lipinski definition) is 1. The first-order valence-corrected chi connectivity index (χ1v) is 7.17. The van der Waals surface area contributed by atoms with Crippen molar-refractivity contribution in [2.45, 2.75) is 45.3 Å². The van der Waals surface area contributed by atoms with Crippen LogP contribution in [0.1, 0.15) is 45.2 Å². The quantitative estimate of drug-likeness (QED) is 0.898. The van der Waals surface area contributed by atoms with Gasteiger partial charge in [-0.2, -0.15) is 0 Å². The van der Waals surface area contributed by atoms with E-state index < -0.39 is 5.97 Å². The van der Waals surface area contributed by atoms with Gasteiger partial charge in [0.2, 0.25) is 0 Å². The molecule has 1 aromatic carbocycles. The molecule has 0 amide bonds. The zero-order valence-corrected chi connectivity index (χ0v) is 12.4. The fraction of sp³-hybridized carbons (Fsp3) is 0.562. The average Bonchev–Trinajstić information content (AvgIpc) is 2.35. The molecule has 1 heterocycles. The van der Waals surface area contributed by atoms with E-state index in [1.807, 2.05) is 29.2 Å². The Morgan fingerprint density at radius 1 is 1.45 bits per heavy atom. The maximum absolute atomic E-state index is 11.1. The summed E-state index contributed by atoms with van der Waals surface area (Å²) in [6.45, 7) is 7.04. The van der Waals surface area contributed by atoms with Gasteiger partial charge in [0.05, 0.1) is 6.54 Å². The number of ether oxygens (including phenoxy) is 1. The summed E-state index contributed by atoms with van der Waals surface area (Å²) < 4.78 is 6.01. The van der Waals surface area contributed by atoms with E-state index in [1.165, 1.54) is 0 Å². The highest BCUT2D eigenvalue weighted by atomic mass is 16.5. The van der Waals surface area contributed by atoms with Crippen molar-refractivity contribution in [1.82, 2.24) is 4.90 Å². The van der Waals surface area contributed by atoms with Gasteiger partial charge in [0, 0.05) is 18.0 Å². The maximum atomic E-state index is 11.1. The molecule has 0 spiro atoms. The molecule has 0 bridgehead atoms. The van der Waals surface area contributed by atoms with Gasteiger partial charge in [-0.15, -0.1) is 0 Å². The van der Waals surface area contributed by atoms with Crippen LogP contribution in [0.25, 0.3) is 0 Å². The van der Waals surface area contributed by atoms with Crippen LogP contribution in [0.3, 0.4) is 0 Å². The number of carbonyl (C=O) groups is 1. The lowest BCUT2D eigenvalue weighted by molar-refractivity contribution is -0.139. The van der Waals surface area contributed by atoms with Crippen molar-refractivity contribution in [3.63, 3.8) is 0 Å². The lowest BCUT2D eigenvalue weighted by atomic mass is 9.88. The number of fused-ring (bicyclic) bond motifs is 1. The van der Waals surface area contributed by atoms with Crippen molar-refractivity contribution in [2.75, 3.05) is 13.1 Å². The van der Waals surface area contributed by atoms with Crippen molar-refractivity contribution in [1.29, 1.82) is 0 Å². The maximum Gasteiger partial charge on any atom is 0.317 e. The van der Waals surface area contributed by atoms with Crippen LogP contribution in [0.2, 0.25) is 0 Å². The first-order chi connectivity index (χ1) is 9.43. The number of carboxylic acids is 1. The van der Waals surface area contributed by atoms with Gasteiger partial charge in [-0.05, 0) is 32.9 Å². The molecule has 4 nitrogen and oxygen atoms in total. The minimum atomic E-state index is -0.778. The molecule has 2 rings (SSSR count). The largest absolute Gasteiger partial charge is 0.487 e. The third kappa shape index (κ3) is 3.31. The van der Waals surface area contributed by atoms with Crippen LogP contribution in [0.5, 0.6) is 5.75 Å². The Labute approximate surface area is 120 Å². The Balaban J connectivity index is 2.35. The highest BCUT2D eigenvalue weighted by molar-refractivity contribution is 5.69. The fourth-order valence-electron chi connectivity index (χ4n) is 2.90. The molecule has 1 aliphatic heterocycles. The van der Waals surface area contributed by atoms with Gasteiger partial charge in [-0.3, -0.25) is 9.69 Å². The summed E-state index contributed by atoms with van der Waals surface area (Å²) >= 11 is 0. The van der Waals surface area contributed by atoms with Crippen molar-refractivity contribution in [3.8, 4) is 5.75 Å². The monoisotopic (exact) mass is 277 g/mol. The number of rotatable bonds is 5. The van der Waals surface area contributed by atoms with Crippen LogP contribution in [0, 0.1) is 0 Å². The van der Waals surface area contributed by atoms with Crippen molar-refractivity contribution < 1.29 is 14.6 Å². The number of carboxylic acid groups (broad SMARTS) is 1. The molecule has 1 N–H and O–H groups in total. The van der Waals surface area contributed by atoms with E-state index in [4.69, 9.17) is 9.84 Å². The molecule has 0 radical (unpaired) electrons. The van der Waals surface area contributed by atoms with Crippen LogP contribution < -0.4 is 4.74 Å². The molecule has 0 saturated heterocycles. The predicted molar refractivity (Wildman–Crippen MR) is 78.0 cm³/mol. The molecule has 4 heteroatoms. The normalized spacial score (nSPS) is 20.3. The molecule has 0 saturated carbocycles. The predicted octanol–water partition coefficient (Wildman–Crippen LogP) is 3.09. The van der Waals surface area contributed by atoms with Crippen LogP contribution in [0.4, 0.5) is 0 Å². The average molecular weight is 277 g/mol. The van der Waals surface area contributed by atoms with Crippen LogP contribution >= 0.6 is 0 Å². The van der Waals surface area contributed by atoms with E-state index in [0.717, 1.165) is 30.7 Å². The molecule has 0 aliphatic carbocycles. The second-order valence-corrected chi connectivity index (χ2v) is 5.98. The van der Waals surface area contributed by atoms with Gasteiger partial charge in [0.25, 0.3) is 0 Å². The molecule has 1 aromatic rings. The topological polar surface area (TPSA) is 49.8 Å². The van der Waals surface area contributed by atoms with Gasteiger partial charge >= 0.3 is 5.97 Å². The number of aliphatic carboxylic acids is 1. The van der Waals surface area contributed by atoms with Crippen molar-refractivity contribution in [2.24, 2.45) is 0 Å². The summed E-state index contributed by atoms with van der Waals surface area (Å²) in [5, 5.41) is 9.15. The third-order valence-corrected chi connectivity index (χ3v) is 3.64. The summed E-state index contributed by atoms with van der Waals surface area (Å²) in [4.78, 5) is 13.2. The number of benzene rings is 1. The van der Waals surface area contributed by atoms with E-state index in [0.29, 0.717) is 0 Å². The first kappa shape index (κ1) is 14.9. The SMILES string of the molecule is CCCN(CC(=O)O)C1CC(C)(C)Oc2ccccc21. The molecule has 1 atom stereocenters. The van der Waals surface area contributed by atoms with E-state index >= 15 is 0 Å². The zero-order valence-electron chi connectivity index (χ0n) is 12.4. The number of para-hydroxylation sites is 1. The van der Waals surface area contributed by atoms with Gasteiger partial charge in [-0.1, -0.05) is 25.1 Å². The van der Waals surface area contributed by atoms with E-state index in [1.54, 1.807) is 0 Å². The molecule has 110 valence electrons. The standard InChI is InChI=1S/C16H23NO3/c1-4-9-17(11-15(18)19)13-10-16(2,3)20-14-8-6-5-7-12(13)14/h5-8,13H,4,9-11H2,1-3H3,(H,18,19). The van der Waals surface area contributed by atoms with Gasteiger partial charge in [0.1, 0.15) is 11.4 Å². The van der Waals surface area contributed by atoms with E-state index in [2.05, 4.69) is 20.8 Å². The third-order valence-electron chi connectivity index (χ3n) is 3.64. The zero-order chi connectivity index (χ0) is 14.8. The van der Waals surface area contributed by atoms with Crippen LogP contribution in [-0.4, -0.2) is 34.7 Å². The van der Waals surface area contributed by atoms with E-state index in [-0.39, 0.29) is 18.2 Å². The smallest absolute Gasteiger partial charge is 0.317 e. The minimum absolute atomic E-state index is 0.0723. The summed E-state index contributed by atoms with van der Waals surface area (Å²) in [6.07, 6.45) is 1.74. The Morgan fingerprint density at radius 3 is 2.80 bits per heavy atom. The van der Waals surface area contributed by atoms with Crippen LogP contribution in [0.15, 0.2) is 24.3 Å². The first-order valence-electron chi connectivity index (χ1n) is 7.17. The molecule has 1 unspecified atom stereocenters. The second kappa shape index (κ2) is 5.83. The fourth-order valence-corrected chi connectivity index (χ4v) is 2.90. The lowest BCUT2D eigenvalue weighted by Gasteiger charge is -2.42. The van der Waals surface area contributed by atoms with Gasteiger partial charge in [0.15, 0.2) is 0 Å². The summed E-state index contributed by atoms with van der Waals surface area (Å²) in [5.41, 5.74) is 0.824. The Kier molecular flexibility index (Phi) is 4.33. The summed E-state index contributed by atoms with van der Waals surface area (Å²) in [7, 11) is 0. The Morgan fingerprint density at radius 2 is 2.15 bits per heavy atom. The van der Waals surface area contributed by atoms with Crippen molar-refractivity contribution >= 4 is 5.97 Å². The van der Waals surface area contributed by atoms with Crippen LogP contribution in [-0.2, 0) is 4.79 Å². The summed E-state index contributed by atoms with van der Waals surface area (Å²) in [6, 6.07) is 8.05. The highest BCUT2D eigenvalue weighted by Crippen LogP contribution is 2.42. The second-order valence-electron chi connectivity index (χ2n) is 5.98. The summed E-state index contributed by atoms with van der Waals surface area (Å²) in [5.74, 6) is 0.0977. The number of hydrogen-bond acceptors (Lipinski definition) is 3. The minimum Gasteiger partial charge on any atom is -0.487 e. The van der Waals surface area contributed by atoms with Gasteiger partial charge < -0.3 is 9.84 Å². The Hall–Kier alpha value is -1.55. The molecular formula is C16H23NO3. The van der Waals surface area contributed by atoms with Gasteiger partial charge in [-0.25, -0.2) is 0 Å². The number of nitrogens with zero attached hydrogens (tertiary/aromatic N) is 1. The lowest BCUT2D eigenvalue weighted by Crippen LogP contribution is -2.43. The van der Waals surface area contributed by atoms with Crippen molar-refractivity contribution in [3.05, 3.63) is 29.8 Å². The molecule has 1 aliphatic rings. The van der Waals surface area contributed by atoms with E-state index in [9.17, 15) is 4.79 Å². The molecular weight excluding hydrogens is 254 g/mol. The molecule has 0 aromatic heterocycles.